The van der Waals surface area contributed by atoms with E-state index in [2.05, 4.69) is 30.5 Å². The molecular formula is C21H22N8O2. The van der Waals surface area contributed by atoms with Gasteiger partial charge in [-0.25, -0.2) is 9.97 Å². The first kappa shape index (κ1) is 19.1. The van der Waals surface area contributed by atoms with E-state index in [0.717, 1.165) is 30.2 Å². The van der Waals surface area contributed by atoms with E-state index < -0.39 is 0 Å². The molecule has 0 amide bonds. The minimum atomic E-state index is 0.444. The monoisotopic (exact) mass is 418 g/mol. The summed E-state index contributed by atoms with van der Waals surface area (Å²) in [5.74, 6) is 2.40. The van der Waals surface area contributed by atoms with Crippen molar-refractivity contribution in [1.82, 2.24) is 24.3 Å². The molecule has 0 aliphatic carbocycles. The number of imidazole rings is 1. The number of hydrogen-bond acceptors (Lipinski definition) is 9. The van der Waals surface area contributed by atoms with E-state index in [1.165, 1.54) is 0 Å². The molecule has 0 radical (unpaired) electrons. The number of rotatable bonds is 6. The third-order valence-electron chi connectivity index (χ3n) is 4.93. The van der Waals surface area contributed by atoms with Crippen molar-refractivity contribution in [3.63, 3.8) is 0 Å². The van der Waals surface area contributed by atoms with Gasteiger partial charge >= 0.3 is 0 Å². The molecule has 5 rings (SSSR count). The molecule has 4 aromatic heterocycles. The van der Waals surface area contributed by atoms with Crippen LogP contribution in [0.25, 0.3) is 5.65 Å². The minimum Gasteiger partial charge on any atom is -0.480 e. The van der Waals surface area contributed by atoms with Gasteiger partial charge in [0.25, 0.3) is 0 Å². The molecule has 1 saturated heterocycles. The third-order valence-corrected chi connectivity index (χ3v) is 4.93. The Morgan fingerprint density at radius 2 is 1.90 bits per heavy atom. The van der Waals surface area contributed by atoms with Crippen molar-refractivity contribution in [3.05, 3.63) is 55.1 Å². The number of hydrogen-bond donors (Lipinski definition) is 2. The molecule has 1 aliphatic heterocycles. The van der Waals surface area contributed by atoms with Crippen LogP contribution in [0.5, 0.6) is 5.88 Å². The van der Waals surface area contributed by atoms with E-state index in [9.17, 15) is 0 Å². The van der Waals surface area contributed by atoms with E-state index in [1.54, 1.807) is 19.5 Å². The first-order chi connectivity index (χ1) is 15.3. The largest absolute Gasteiger partial charge is 0.480 e. The molecule has 10 heteroatoms. The Labute approximate surface area is 178 Å². The van der Waals surface area contributed by atoms with Crippen molar-refractivity contribution >= 4 is 34.6 Å². The lowest BCUT2D eigenvalue weighted by molar-refractivity contribution is 0.122. The second-order valence-electron chi connectivity index (χ2n) is 6.95. The van der Waals surface area contributed by atoms with Crippen molar-refractivity contribution in [2.24, 2.45) is 0 Å². The molecule has 4 aromatic rings. The summed E-state index contributed by atoms with van der Waals surface area (Å²) in [4.78, 5) is 20.1. The van der Waals surface area contributed by atoms with Gasteiger partial charge in [-0.05, 0) is 18.2 Å². The molecule has 0 spiro atoms. The average molecular weight is 418 g/mol. The normalized spacial score (nSPS) is 13.9. The van der Waals surface area contributed by atoms with E-state index in [4.69, 9.17) is 14.5 Å². The van der Waals surface area contributed by atoms with Crippen LogP contribution >= 0.6 is 0 Å². The summed E-state index contributed by atoms with van der Waals surface area (Å²) >= 11 is 0. The number of nitrogens with one attached hydrogen (secondary N) is 2. The zero-order chi connectivity index (χ0) is 21.0. The Hall–Kier alpha value is -3.92. The molecule has 0 saturated carbocycles. The molecule has 10 nitrogen and oxygen atoms in total. The molecule has 158 valence electrons. The summed E-state index contributed by atoms with van der Waals surface area (Å²) in [6.45, 7) is 2.88. The highest BCUT2D eigenvalue weighted by atomic mass is 16.5. The molecule has 0 unspecified atom stereocenters. The zero-order valence-corrected chi connectivity index (χ0v) is 17.0. The van der Waals surface area contributed by atoms with Gasteiger partial charge in [0.2, 0.25) is 11.8 Å². The van der Waals surface area contributed by atoms with Gasteiger partial charge in [0.15, 0.2) is 0 Å². The Morgan fingerprint density at radius 3 is 2.77 bits per heavy atom. The third kappa shape index (κ3) is 4.19. The molecule has 2 N–H and O–H groups in total. The maximum atomic E-state index is 5.49. The van der Waals surface area contributed by atoms with E-state index in [-0.39, 0.29) is 0 Å². The average Bonchev–Trinajstić information content (AvgIpc) is 3.28. The predicted octanol–water partition coefficient (Wildman–Crippen LogP) is 2.85. The molecule has 0 bridgehead atoms. The summed E-state index contributed by atoms with van der Waals surface area (Å²) in [5, 5.41) is 6.60. The fraction of sp³-hybridized carbons (Fsp3) is 0.238. The van der Waals surface area contributed by atoms with Gasteiger partial charge in [0, 0.05) is 55.7 Å². The lowest BCUT2D eigenvalue weighted by Crippen LogP contribution is -2.36. The van der Waals surface area contributed by atoms with Gasteiger partial charge in [-0.15, -0.1) is 0 Å². The molecule has 1 fully saturated rings. The first-order valence-corrected chi connectivity index (χ1v) is 9.96. The Kier molecular flexibility index (Phi) is 5.19. The van der Waals surface area contributed by atoms with Crippen LogP contribution in [-0.4, -0.2) is 57.7 Å². The minimum absolute atomic E-state index is 0.444. The van der Waals surface area contributed by atoms with E-state index in [1.807, 2.05) is 47.1 Å². The maximum Gasteiger partial charge on any atom is 0.237 e. The number of morpholine rings is 1. The number of pyridine rings is 2. The molecule has 31 heavy (non-hydrogen) atoms. The van der Waals surface area contributed by atoms with Gasteiger partial charge in [0.1, 0.15) is 23.0 Å². The van der Waals surface area contributed by atoms with Gasteiger partial charge in [-0.2, -0.15) is 9.97 Å². The topological polar surface area (TPSA) is 102 Å². The highest BCUT2D eigenvalue weighted by molar-refractivity contribution is 5.67. The van der Waals surface area contributed by atoms with Gasteiger partial charge in [0.05, 0.1) is 20.3 Å². The fourth-order valence-corrected chi connectivity index (χ4v) is 3.41. The molecular weight excluding hydrogens is 396 g/mol. The van der Waals surface area contributed by atoms with Gasteiger partial charge in [-0.1, -0.05) is 0 Å². The predicted molar refractivity (Wildman–Crippen MR) is 118 cm³/mol. The van der Waals surface area contributed by atoms with E-state index in [0.29, 0.717) is 36.5 Å². The van der Waals surface area contributed by atoms with Crippen molar-refractivity contribution in [1.29, 1.82) is 0 Å². The van der Waals surface area contributed by atoms with E-state index >= 15 is 0 Å². The number of fused-ring (bicyclic) bond motifs is 1. The Bertz CT molecular complexity index is 1190. The smallest absolute Gasteiger partial charge is 0.237 e. The van der Waals surface area contributed by atoms with Crippen molar-refractivity contribution in [2.45, 2.75) is 0 Å². The van der Waals surface area contributed by atoms with Crippen molar-refractivity contribution in [3.8, 4) is 5.88 Å². The fourth-order valence-electron chi connectivity index (χ4n) is 3.41. The lowest BCUT2D eigenvalue weighted by Gasteiger charge is -2.28. The van der Waals surface area contributed by atoms with Crippen LogP contribution in [0.3, 0.4) is 0 Å². The van der Waals surface area contributed by atoms with Crippen LogP contribution in [0.1, 0.15) is 0 Å². The Balaban J connectivity index is 1.49. The summed E-state index contributed by atoms with van der Waals surface area (Å²) in [5.41, 5.74) is 2.43. The lowest BCUT2D eigenvalue weighted by atomic mass is 10.3. The van der Waals surface area contributed by atoms with Crippen LogP contribution < -0.4 is 20.3 Å². The molecule has 5 heterocycles. The number of nitrogens with zero attached hydrogens (tertiary/aromatic N) is 6. The first-order valence-electron chi connectivity index (χ1n) is 9.96. The van der Waals surface area contributed by atoms with Gasteiger partial charge in [-0.3, -0.25) is 0 Å². The molecule has 0 aromatic carbocycles. The zero-order valence-electron chi connectivity index (χ0n) is 17.0. The summed E-state index contributed by atoms with van der Waals surface area (Å²) in [6.07, 6.45) is 7.30. The molecule has 1 aliphatic rings. The highest BCUT2D eigenvalue weighted by Crippen LogP contribution is 2.27. The summed E-state index contributed by atoms with van der Waals surface area (Å²) in [7, 11) is 1.58. The van der Waals surface area contributed by atoms with Crippen LogP contribution in [0, 0.1) is 0 Å². The SMILES string of the molecule is COc1ncccc1Nc1nc(Nc2ccn3ccnc3c2)cc(N2CCOCC2)n1. The van der Waals surface area contributed by atoms with Crippen molar-refractivity contribution in [2.75, 3.05) is 48.9 Å². The van der Waals surface area contributed by atoms with Crippen LogP contribution in [0.4, 0.5) is 29.0 Å². The van der Waals surface area contributed by atoms with Crippen LogP contribution in [0.2, 0.25) is 0 Å². The second-order valence-corrected chi connectivity index (χ2v) is 6.95. The summed E-state index contributed by atoms with van der Waals surface area (Å²) in [6, 6.07) is 9.58. The van der Waals surface area contributed by atoms with Gasteiger partial charge < -0.3 is 29.4 Å². The number of anilines is 5. The number of methoxy groups -OCH3 is 1. The Morgan fingerprint density at radius 1 is 1.00 bits per heavy atom. The quantitative estimate of drug-likeness (QED) is 0.489. The highest BCUT2D eigenvalue weighted by Gasteiger charge is 2.16. The van der Waals surface area contributed by atoms with Crippen LogP contribution in [-0.2, 0) is 4.74 Å². The number of ether oxygens (including phenoxy) is 2. The number of aromatic nitrogens is 5. The standard InChI is InChI=1S/C21H22N8O2/c1-30-20-16(3-2-5-23-20)25-21-26-17(14-19(27-21)29-9-11-31-12-10-29)24-15-4-7-28-8-6-22-18(28)13-15/h2-8,13-14H,9-12H2,1H3,(H2,24,25,26,27). The van der Waals surface area contributed by atoms with Crippen molar-refractivity contribution < 1.29 is 9.47 Å². The summed E-state index contributed by atoms with van der Waals surface area (Å²) < 4.78 is 12.8. The maximum absolute atomic E-state index is 5.49. The molecule has 0 atom stereocenters. The second kappa shape index (κ2) is 8.44. The van der Waals surface area contributed by atoms with Crippen LogP contribution in [0.15, 0.2) is 55.1 Å².